The van der Waals surface area contributed by atoms with Crippen LogP contribution in [-0.2, 0) is 16.0 Å². The van der Waals surface area contributed by atoms with Crippen LogP contribution < -0.4 is 0 Å². The lowest BCUT2D eigenvalue weighted by molar-refractivity contribution is 0.478. The topological polar surface area (TPSA) is 80.2 Å². The minimum atomic E-state index is -4.25. The van der Waals surface area contributed by atoms with E-state index in [9.17, 15) is 8.42 Å². The molecule has 0 aliphatic heterocycles. The van der Waals surface area contributed by atoms with Crippen LogP contribution in [0.25, 0.3) is 0 Å². The van der Waals surface area contributed by atoms with Crippen molar-refractivity contribution in [2.24, 2.45) is 0 Å². The molecular formula is C5H5ClN2O3S. The number of halogens is 1. The van der Waals surface area contributed by atoms with Gasteiger partial charge in [-0.2, -0.15) is 8.42 Å². The van der Waals surface area contributed by atoms with Crippen LogP contribution in [-0.4, -0.2) is 22.9 Å². The Hall–Kier alpha value is -0.720. The first-order valence-corrected chi connectivity index (χ1v) is 4.87. The summed E-state index contributed by atoms with van der Waals surface area (Å²) in [4.78, 5) is 7.13. The van der Waals surface area contributed by atoms with E-state index in [0.29, 0.717) is 0 Å². The largest absolute Gasteiger partial charge is 0.312 e. The van der Waals surface area contributed by atoms with Gasteiger partial charge in [0.15, 0.2) is 5.03 Å². The molecule has 7 heteroatoms. The molecule has 0 saturated carbocycles. The molecule has 0 amide bonds. The maximum Gasteiger partial charge on any atom is 0.312 e. The molecule has 0 aliphatic rings. The Morgan fingerprint density at radius 1 is 1.58 bits per heavy atom. The first-order chi connectivity index (χ1) is 5.54. The minimum Gasteiger partial charge on any atom is -0.281 e. The second-order valence-electron chi connectivity index (χ2n) is 1.92. The van der Waals surface area contributed by atoms with Gasteiger partial charge in [-0.1, -0.05) is 0 Å². The molecule has 0 atom stereocenters. The molecule has 0 unspecified atom stereocenters. The number of nitrogens with zero attached hydrogens (tertiary/aromatic N) is 2. The first-order valence-electron chi connectivity index (χ1n) is 2.89. The van der Waals surface area contributed by atoms with E-state index in [0.717, 1.165) is 6.07 Å². The number of aromatic nitrogens is 2. The number of alkyl halides is 1. The Labute approximate surface area is 74.2 Å². The second-order valence-corrected chi connectivity index (χ2v) is 3.56. The van der Waals surface area contributed by atoms with E-state index in [1.54, 1.807) is 0 Å². The molecular weight excluding hydrogens is 204 g/mol. The van der Waals surface area contributed by atoms with E-state index >= 15 is 0 Å². The van der Waals surface area contributed by atoms with Gasteiger partial charge in [0.2, 0.25) is 0 Å². The van der Waals surface area contributed by atoms with Crippen LogP contribution in [0.15, 0.2) is 17.3 Å². The SMILES string of the molecule is O=S(=O)(O)c1ccnc(CCl)n1. The normalized spacial score (nSPS) is 11.5. The summed E-state index contributed by atoms with van der Waals surface area (Å²) in [5.74, 6) is 0.162. The van der Waals surface area contributed by atoms with Gasteiger partial charge in [0, 0.05) is 6.20 Å². The van der Waals surface area contributed by atoms with E-state index in [4.69, 9.17) is 16.2 Å². The summed E-state index contributed by atoms with van der Waals surface area (Å²) >= 11 is 5.35. The second kappa shape index (κ2) is 3.34. The monoisotopic (exact) mass is 208 g/mol. The van der Waals surface area contributed by atoms with Crippen LogP contribution in [0, 0.1) is 0 Å². The molecule has 0 aliphatic carbocycles. The highest BCUT2D eigenvalue weighted by Crippen LogP contribution is 2.04. The fraction of sp³-hybridized carbons (Fsp3) is 0.200. The molecule has 66 valence electrons. The fourth-order valence-electron chi connectivity index (χ4n) is 0.588. The lowest BCUT2D eigenvalue weighted by Gasteiger charge is -1.96. The Morgan fingerprint density at radius 2 is 2.25 bits per heavy atom. The smallest absolute Gasteiger partial charge is 0.281 e. The molecule has 1 aromatic heterocycles. The van der Waals surface area contributed by atoms with Crippen molar-refractivity contribution in [3.63, 3.8) is 0 Å². The zero-order valence-electron chi connectivity index (χ0n) is 5.81. The lowest BCUT2D eigenvalue weighted by Crippen LogP contribution is -2.03. The molecule has 0 radical (unpaired) electrons. The fourth-order valence-corrected chi connectivity index (χ4v) is 1.17. The molecule has 5 nitrogen and oxygen atoms in total. The van der Waals surface area contributed by atoms with Gasteiger partial charge >= 0.3 is 10.1 Å². The van der Waals surface area contributed by atoms with E-state index < -0.39 is 15.1 Å². The highest BCUT2D eigenvalue weighted by Gasteiger charge is 2.11. The van der Waals surface area contributed by atoms with Crippen LogP contribution >= 0.6 is 11.6 Å². The van der Waals surface area contributed by atoms with Crippen LogP contribution in [0.3, 0.4) is 0 Å². The third kappa shape index (κ3) is 2.13. The van der Waals surface area contributed by atoms with Crippen LogP contribution in [0.2, 0.25) is 0 Å². The molecule has 1 heterocycles. The van der Waals surface area contributed by atoms with E-state index in [2.05, 4.69) is 9.97 Å². The number of hydrogen-bond acceptors (Lipinski definition) is 4. The summed E-state index contributed by atoms with van der Waals surface area (Å²) in [6.07, 6.45) is 1.22. The van der Waals surface area contributed by atoms with Crippen molar-refractivity contribution in [3.8, 4) is 0 Å². The Balaban J connectivity index is 3.20. The summed E-state index contributed by atoms with van der Waals surface area (Å²) in [5.41, 5.74) is 0. The van der Waals surface area contributed by atoms with E-state index in [-0.39, 0.29) is 11.7 Å². The molecule has 1 N–H and O–H groups in total. The number of hydrogen-bond donors (Lipinski definition) is 1. The van der Waals surface area contributed by atoms with Gasteiger partial charge < -0.3 is 0 Å². The van der Waals surface area contributed by atoms with Gasteiger partial charge in [-0.25, -0.2) is 9.97 Å². The first kappa shape index (κ1) is 9.37. The van der Waals surface area contributed by atoms with Crippen molar-refractivity contribution in [1.29, 1.82) is 0 Å². The van der Waals surface area contributed by atoms with Crippen molar-refractivity contribution < 1.29 is 13.0 Å². The van der Waals surface area contributed by atoms with Crippen molar-refractivity contribution in [1.82, 2.24) is 9.97 Å². The predicted octanol–water partition coefficient (Wildman–Crippen LogP) is 0.462. The molecule has 0 spiro atoms. The molecule has 12 heavy (non-hydrogen) atoms. The summed E-state index contributed by atoms with van der Waals surface area (Å²) in [5, 5.41) is -0.437. The maximum absolute atomic E-state index is 10.5. The van der Waals surface area contributed by atoms with Crippen molar-refractivity contribution in [2.45, 2.75) is 10.9 Å². The zero-order valence-corrected chi connectivity index (χ0v) is 7.38. The van der Waals surface area contributed by atoms with Gasteiger partial charge in [-0.15, -0.1) is 11.6 Å². The number of rotatable bonds is 2. The van der Waals surface area contributed by atoms with Crippen LogP contribution in [0.4, 0.5) is 0 Å². The Kier molecular flexibility index (Phi) is 2.61. The van der Waals surface area contributed by atoms with Gasteiger partial charge in [0.25, 0.3) is 0 Å². The Morgan fingerprint density at radius 3 is 2.75 bits per heavy atom. The lowest BCUT2D eigenvalue weighted by atomic mass is 10.6. The molecule has 0 saturated heterocycles. The van der Waals surface area contributed by atoms with E-state index in [1.165, 1.54) is 6.20 Å². The summed E-state index contributed by atoms with van der Waals surface area (Å²) in [7, 11) is -4.25. The van der Waals surface area contributed by atoms with Gasteiger partial charge in [0.05, 0.1) is 5.88 Å². The van der Waals surface area contributed by atoms with Gasteiger partial charge in [-0.05, 0) is 6.07 Å². The van der Waals surface area contributed by atoms with Crippen molar-refractivity contribution in [3.05, 3.63) is 18.1 Å². The van der Waals surface area contributed by atoms with Crippen molar-refractivity contribution in [2.75, 3.05) is 0 Å². The molecule has 0 bridgehead atoms. The predicted molar refractivity (Wildman–Crippen MR) is 41.4 cm³/mol. The van der Waals surface area contributed by atoms with Gasteiger partial charge in [0.1, 0.15) is 5.82 Å². The summed E-state index contributed by atoms with van der Waals surface area (Å²) < 4.78 is 29.6. The molecule has 0 fully saturated rings. The molecule has 1 rings (SSSR count). The zero-order chi connectivity index (χ0) is 9.19. The Bertz CT molecular complexity index is 378. The highest BCUT2D eigenvalue weighted by molar-refractivity contribution is 7.85. The molecule has 0 aromatic carbocycles. The van der Waals surface area contributed by atoms with E-state index in [1.807, 2.05) is 0 Å². The maximum atomic E-state index is 10.5. The highest BCUT2D eigenvalue weighted by atomic mass is 35.5. The summed E-state index contributed by atoms with van der Waals surface area (Å²) in [6, 6.07) is 1.09. The van der Waals surface area contributed by atoms with Crippen molar-refractivity contribution >= 4 is 21.7 Å². The minimum absolute atomic E-state index is 0.00333. The third-order valence-electron chi connectivity index (χ3n) is 1.06. The van der Waals surface area contributed by atoms with Gasteiger partial charge in [-0.3, -0.25) is 4.55 Å². The summed E-state index contributed by atoms with van der Waals surface area (Å²) in [6.45, 7) is 0. The third-order valence-corrected chi connectivity index (χ3v) is 2.06. The standard InChI is InChI=1S/C5H5ClN2O3S/c6-3-4-7-2-1-5(8-4)12(9,10)11/h1-2H,3H2,(H,9,10,11). The average molecular weight is 209 g/mol. The van der Waals surface area contributed by atoms with Crippen LogP contribution in [0.5, 0.6) is 0 Å². The quantitative estimate of drug-likeness (QED) is 0.434. The molecule has 1 aromatic rings. The average Bonchev–Trinajstić information content (AvgIpc) is 2.03. The van der Waals surface area contributed by atoms with Crippen LogP contribution in [0.1, 0.15) is 5.82 Å².